The van der Waals surface area contributed by atoms with Gasteiger partial charge in [0, 0.05) is 12.2 Å². The minimum absolute atomic E-state index is 0.0428. The maximum absolute atomic E-state index is 11.1. The molecule has 5 N–H and O–H groups in total. The zero-order valence-electron chi connectivity index (χ0n) is 13.1. The van der Waals surface area contributed by atoms with E-state index in [-0.39, 0.29) is 28.9 Å². The molecule has 24 heavy (non-hydrogen) atoms. The molecule has 0 spiro atoms. The maximum atomic E-state index is 11.1. The Labute approximate surface area is 139 Å². The maximum Gasteiger partial charge on any atom is 0.448 e. The molecule has 0 saturated carbocycles. The third-order valence-electron chi connectivity index (χ3n) is 3.90. The van der Waals surface area contributed by atoms with Crippen molar-refractivity contribution in [2.45, 2.75) is 25.7 Å². The third kappa shape index (κ3) is 4.96. The Morgan fingerprint density at radius 3 is 2.33 bits per heavy atom. The first kappa shape index (κ1) is 18.3. The highest BCUT2D eigenvalue weighted by molar-refractivity contribution is 7.50. The number of hydrogen-bond acceptors (Lipinski definition) is 4. The smallest absolute Gasteiger partial charge is 0.448 e. The van der Waals surface area contributed by atoms with E-state index in [1.165, 1.54) is 0 Å². The minimum Gasteiger partial charge on any atom is -0.511 e. The number of hydrogen-bond donors (Lipinski definition) is 5. The molecule has 0 aromatic heterocycles. The average Bonchev–Trinajstić information content (AvgIpc) is 2.45. The van der Waals surface area contributed by atoms with Crippen molar-refractivity contribution in [3.05, 3.63) is 53.5 Å². The van der Waals surface area contributed by atoms with Gasteiger partial charge < -0.3 is 25.1 Å². The second kappa shape index (κ2) is 7.21. The van der Waals surface area contributed by atoms with E-state index in [0.717, 1.165) is 17.7 Å². The summed E-state index contributed by atoms with van der Waals surface area (Å²) in [6.45, 7) is 1.98. The Kier molecular flexibility index (Phi) is 5.49. The van der Waals surface area contributed by atoms with Crippen molar-refractivity contribution in [2.24, 2.45) is 10.7 Å². The fraction of sp³-hybridized carbons (Fsp3) is 0.312. The predicted octanol–water partition coefficient (Wildman–Crippen LogP) is 3.32. The summed E-state index contributed by atoms with van der Waals surface area (Å²) in [5.41, 5.74) is 0.956. The number of allylic oxidation sites excluding steroid dienone is 3. The molecule has 0 amide bonds. The van der Waals surface area contributed by atoms with Gasteiger partial charge >= 0.3 is 7.75 Å². The second-order valence-corrected chi connectivity index (χ2v) is 7.03. The molecular formula is C16H20NO6P. The molecule has 0 saturated heterocycles. The summed E-state index contributed by atoms with van der Waals surface area (Å²) >= 11 is 0. The van der Waals surface area contributed by atoms with E-state index in [9.17, 15) is 19.9 Å². The standard InChI is InChI=1S/C16H20NO6P/c1-10(11-3-5-12(18)6-4-11)2-7-14-15(17-24(21,22)23)8-13(19)9-16(14)20/h3-6,8-10,14,18-20H,2,7H2,1H3,(H2,21,22,23)/b17-15+. The molecule has 0 bridgehead atoms. The lowest BCUT2D eigenvalue weighted by Gasteiger charge is -2.22. The number of benzene rings is 1. The molecule has 2 rings (SSSR count). The fourth-order valence-electron chi connectivity index (χ4n) is 2.63. The average molecular weight is 353 g/mol. The van der Waals surface area contributed by atoms with Crippen LogP contribution in [-0.2, 0) is 4.57 Å². The third-order valence-corrected chi connectivity index (χ3v) is 4.39. The molecule has 130 valence electrons. The summed E-state index contributed by atoms with van der Waals surface area (Å²) in [5, 5.41) is 28.8. The van der Waals surface area contributed by atoms with Gasteiger partial charge in [-0.05, 0) is 36.5 Å². The molecule has 0 heterocycles. The van der Waals surface area contributed by atoms with Crippen LogP contribution < -0.4 is 0 Å². The van der Waals surface area contributed by atoms with E-state index in [1.54, 1.807) is 24.3 Å². The summed E-state index contributed by atoms with van der Waals surface area (Å²) in [6.07, 6.45) is 3.30. The van der Waals surface area contributed by atoms with Crippen LogP contribution in [0.15, 0.2) is 52.7 Å². The van der Waals surface area contributed by atoms with Crippen molar-refractivity contribution in [1.82, 2.24) is 0 Å². The van der Waals surface area contributed by atoms with Gasteiger partial charge in [-0.3, -0.25) is 0 Å². The number of aromatic hydroxyl groups is 1. The molecule has 1 aromatic carbocycles. The number of phenolic OH excluding ortho intramolecular Hbond substituents is 1. The molecule has 2 atom stereocenters. The molecule has 1 aliphatic rings. The van der Waals surface area contributed by atoms with Gasteiger partial charge in [0.1, 0.15) is 17.3 Å². The van der Waals surface area contributed by atoms with E-state index in [4.69, 9.17) is 9.79 Å². The summed E-state index contributed by atoms with van der Waals surface area (Å²) < 4.78 is 14.4. The molecule has 1 aliphatic carbocycles. The monoisotopic (exact) mass is 353 g/mol. The number of aliphatic hydroxyl groups is 2. The largest absolute Gasteiger partial charge is 0.511 e. The summed E-state index contributed by atoms with van der Waals surface area (Å²) in [5.74, 6) is -0.888. The molecule has 0 radical (unpaired) electrons. The van der Waals surface area contributed by atoms with E-state index in [1.807, 2.05) is 6.92 Å². The summed E-state index contributed by atoms with van der Waals surface area (Å²) in [6, 6.07) is 6.77. The lowest BCUT2D eigenvalue weighted by atomic mass is 9.86. The van der Waals surface area contributed by atoms with Gasteiger partial charge in [0.15, 0.2) is 0 Å². The lowest BCUT2D eigenvalue weighted by Crippen LogP contribution is -2.20. The van der Waals surface area contributed by atoms with Crippen LogP contribution in [0.1, 0.15) is 31.2 Å². The number of nitrogens with zero attached hydrogens (tertiary/aromatic N) is 1. The molecule has 7 nitrogen and oxygen atoms in total. The highest BCUT2D eigenvalue weighted by Gasteiger charge is 2.27. The highest BCUT2D eigenvalue weighted by atomic mass is 31.2. The highest BCUT2D eigenvalue weighted by Crippen LogP contribution is 2.39. The van der Waals surface area contributed by atoms with Crippen molar-refractivity contribution in [3.8, 4) is 5.75 Å². The molecule has 0 fully saturated rings. The number of aliphatic hydroxyl groups excluding tert-OH is 2. The first-order valence-electron chi connectivity index (χ1n) is 7.41. The van der Waals surface area contributed by atoms with Crippen LogP contribution in [0.5, 0.6) is 5.75 Å². The van der Waals surface area contributed by atoms with Crippen molar-refractivity contribution in [2.75, 3.05) is 0 Å². The van der Waals surface area contributed by atoms with Gasteiger partial charge in [-0.15, -0.1) is 0 Å². The molecule has 1 aromatic rings. The normalized spacial score (nSPS) is 21.3. The Morgan fingerprint density at radius 1 is 1.12 bits per heavy atom. The van der Waals surface area contributed by atoms with E-state index >= 15 is 0 Å². The number of rotatable bonds is 5. The van der Waals surface area contributed by atoms with E-state index in [2.05, 4.69) is 4.76 Å². The van der Waals surface area contributed by atoms with Crippen LogP contribution in [-0.4, -0.2) is 30.8 Å². The minimum atomic E-state index is -4.67. The Bertz CT molecular complexity index is 731. The van der Waals surface area contributed by atoms with Crippen LogP contribution in [0.3, 0.4) is 0 Å². The Balaban J connectivity index is 2.14. The lowest BCUT2D eigenvalue weighted by molar-refractivity contribution is 0.337. The van der Waals surface area contributed by atoms with Crippen LogP contribution in [0.4, 0.5) is 0 Å². The van der Waals surface area contributed by atoms with Gasteiger partial charge in [-0.25, -0.2) is 4.57 Å². The van der Waals surface area contributed by atoms with Crippen molar-refractivity contribution in [1.29, 1.82) is 0 Å². The number of phenols is 1. The second-order valence-electron chi connectivity index (χ2n) is 5.80. The fourth-order valence-corrected chi connectivity index (χ4v) is 3.13. The zero-order valence-corrected chi connectivity index (χ0v) is 14.0. The Hall–Kier alpha value is -2.08. The van der Waals surface area contributed by atoms with Crippen LogP contribution in [0, 0.1) is 5.92 Å². The topological polar surface area (TPSA) is 131 Å². The van der Waals surface area contributed by atoms with Crippen LogP contribution in [0.25, 0.3) is 0 Å². The van der Waals surface area contributed by atoms with Crippen molar-refractivity contribution < 1.29 is 29.7 Å². The first-order valence-corrected chi connectivity index (χ1v) is 8.98. The van der Waals surface area contributed by atoms with Crippen LogP contribution in [0.2, 0.25) is 0 Å². The first-order chi connectivity index (χ1) is 11.2. The molecular weight excluding hydrogens is 333 g/mol. The SMILES string of the molecule is CC(CCC1C(O)=CC(O)=C/C1=N\P(=O)(O)O)c1ccc(O)cc1. The molecule has 0 aliphatic heterocycles. The zero-order chi connectivity index (χ0) is 17.9. The quantitative estimate of drug-likeness (QED) is 0.516. The summed E-state index contributed by atoms with van der Waals surface area (Å²) in [4.78, 5) is 18.1. The van der Waals surface area contributed by atoms with Gasteiger partial charge in [-0.1, -0.05) is 19.1 Å². The van der Waals surface area contributed by atoms with Crippen LogP contribution >= 0.6 is 7.75 Å². The van der Waals surface area contributed by atoms with Crippen molar-refractivity contribution in [3.63, 3.8) is 0 Å². The molecule has 8 heteroatoms. The van der Waals surface area contributed by atoms with E-state index in [0.29, 0.717) is 12.8 Å². The Morgan fingerprint density at radius 2 is 1.75 bits per heavy atom. The van der Waals surface area contributed by atoms with Crippen molar-refractivity contribution >= 4 is 13.5 Å². The van der Waals surface area contributed by atoms with Gasteiger partial charge in [0.2, 0.25) is 0 Å². The summed E-state index contributed by atoms with van der Waals surface area (Å²) in [7, 11) is -4.67. The molecule has 2 unspecified atom stereocenters. The van der Waals surface area contributed by atoms with Gasteiger partial charge in [0.05, 0.1) is 11.6 Å². The van der Waals surface area contributed by atoms with Gasteiger partial charge in [0.25, 0.3) is 0 Å². The predicted molar refractivity (Wildman–Crippen MR) is 90.1 cm³/mol. The van der Waals surface area contributed by atoms with E-state index < -0.39 is 13.7 Å². The van der Waals surface area contributed by atoms with Gasteiger partial charge in [-0.2, -0.15) is 4.76 Å².